The Balaban J connectivity index is 0.00000272. The Morgan fingerprint density at radius 2 is 1.55 bits per heavy atom. The predicted octanol–water partition coefficient (Wildman–Crippen LogP) is 10.5. The number of carbonyl (C=O) groups is 5. The van der Waals surface area contributed by atoms with Crippen LogP contribution in [-0.4, -0.2) is 139 Å². The lowest BCUT2D eigenvalue weighted by atomic mass is 9.76. The van der Waals surface area contributed by atoms with Gasteiger partial charge in [-0.25, -0.2) is 18.6 Å². The Morgan fingerprint density at radius 3 is 2.17 bits per heavy atom. The molecule has 0 saturated carbocycles. The standard InChI is InChI=1S/C59H79N5O12S2.2C2H6.CH2O2.CH2O/c1-41(23-28-45(67)40-66)61-57(71)62-50(56(69)70)19-9-10-34-60-55(68)22-12-33-59(4)49-18-6-8-21-52(49)64(35-13-37-65)54(59)32-27-44-16-11-15-43(47(44)39-42-24-29-46(30-25-42)77(72)73)26-31-53-58(2,3)48-17-5-7-20-51(48)63(53)36-14-38-78(74,75)76;2*1-2;2-1-3;1-2/h5-8,17-18,20-21,24,26-27,29,31-32,41-42,46,50,65H,9-16,19,22-23,25,28,30,33-39H2,1-4H3,(H6-,60,61,62,67,68,69,70,71,72,73,74,75,76);2*1-2H3;1H,(H,2,3);1H2/p+1. The number of unbranched alkanes of at least 4 members (excludes halogenated alkanes) is 1. The maximum Gasteiger partial charge on any atom is 0.326 e. The molecule has 0 spiro atoms. The van der Waals surface area contributed by atoms with E-state index in [2.05, 4.69) is 101 Å². The maximum absolute atomic E-state index is 13.3. The molecule has 2 aliphatic carbocycles. The number of nitrogens with zero attached hydrogens (tertiary/aromatic N) is 2. The molecule has 0 aromatic heterocycles. The SMILES string of the molecule is C=O.CC.CC.CC(CCC(O)=C=O)NC(=O)NC(CCCCNC(=O)CCCC1(C)/C(=C\C=C2/CCCC(/C=C/C3=[N+](CCCS(=O)(=O)O)c4ccccc4C3(C)C)=C2CC2C=CC(S(=O)O)CC2)N(CCCO)c2ccccc21)C(=O)O.O=CO. The zero-order valence-electron chi connectivity index (χ0n) is 52.1. The van der Waals surface area contributed by atoms with Crippen LogP contribution in [0.25, 0.3) is 0 Å². The monoisotopic (exact) mass is 1250 g/mol. The molecule has 6 rings (SSSR count). The number of aliphatic carboxylic acids is 1. The third-order valence-corrected chi connectivity index (χ3v) is 17.4. The number of nitrogens with one attached hydrogen (secondary N) is 3. The van der Waals surface area contributed by atoms with Crippen LogP contribution < -0.4 is 20.9 Å². The molecule has 6 unspecified atom stereocenters. The first-order chi connectivity index (χ1) is 41.6. The van der Waals surface area contributed by atoms with Gasteiger partial charge in [0.05, 0.1) is 16.4 Å². The average molecular weight is 1250 g/mol. The molecule has 2 heterocycles. The van der Waals surface area contributed by atoms with Gasteiger partial charge in [-0.2, -0.15) is 13.0 Å². The summed E-state index contributed by atoms with van der Waals surface area (Å²) in [4.78, 5) is 66.9. The highest BCUT2D eigenvalue weighted by atomic mass is 32.2. The van der Waals surface area contributed by atoms with Crippen LogP contribution in [0.5, 0.6) is 0 Å². The van der Waals surface area contributed by atoms with Crippen LogP contribution in [0.2, 0.25) is 0 Å². The lowest BCUT2D eigenvalue weighted by molar-refractivity contribution is -0.437. The molecule has 6 atom stereocenters. The molecule has 482 valence electrons. The molecule has 2 aromatic rings. The van der Waals surface area contributed by atoms with Crippen molar-refractivity contribution in [2.45, 2.75) is 186 Å². The topological polar surface area (TPSA) is 317 Å². The number of urea groups is 1. The Morgan fingerprint density at radius 1 is 0.885 bits per heavy atom. The minimum absolute atomic E-state index is 0.0161. The summed E-state index contributed by atoms with van der Waals surface area (Å²) in [5.74, 6) is -0.571. The van der Waals surface area contributed by atoms with E-state index in [0.29, 0.717) is 58.2 Å². The van der Waals surface area contributed by atoms with Crippen LogP contribution in [0, 0.1) is 5.92 Å². The number of carboxylic acids is 1. The molecule has 9 N–H and O–H groups in total. The van der Waals surface area contributed by atoms with Crippen LogP contribution in [-0.2, 0) is 56.0 Å². The summed E-state index contributed by atoms with van der Waals surface area (Å²) in [7, 11) is -4.14. The van der Waals surface area contributed by atoms with Crippen LogP contribution in [0.1, 0.15) is 169 Å². The Hall–Kier alpha value is -6.81. The van der Waals surface area contributed by atoms with Crippen LogP contribution >= 0.6 is 0 Å². The first-order valence-electron chi connectivity index (χ1n) is 30.2. The van der Waals surface area contributed by atoms with Gasteiger partial charge in [0, 0.05) is 79.5 Å². The average Bonchev–Trinajstić information content (AvgIpc) is 1.63. The van der Waals surface area contributed by atoms with Crippen molar-refractivity contribution >= 4 is 75.4 Å². The van der Waals surface area contributed by atoms with E-state index in [1.807, 2.05) is 64.8 Å². The summed E-state index contributed by atoms with van der Waals surface area (Å²) in [5.41, 5.74) is 9.15. The number of amides is 3. The molecule has 2 aliphatic heterocycles. The highest BCUT2D eigenvalue weighted by Crippen LogP contribution is 2.51. The van der Waals surface area contributed by atoms with Crippen molar-refractivity contribution in [3.63, 3.8) is 0 Å². The highest BCUT2D eigenvalue weighted by Gasteiger charge is 2.45. The highest BCUT2D eigenvalue weighted by molar-refractivity contribution is 7.85. The van der Waals surface area contributed by atoms with Crippen molar-refractivity contribution < 1.29 is 75.5 Å². The van der Waals surface area contributed by atoms with Gasteiger partial charge in [-0.3, -0.25) is 14.1 Å². The Bertz CT molecular complexity index is 2960. The van der Waals surface area contributed by atoms with Gasteiger partial charge in [-0.1, -0.05) is 88.4 Å². The van der Waals surface area contributed by atoms with E-state index < -0.39 is 67.1 Å². The number of para-hydroxylation sites is 2. The van der Waals surface area contributed by atoms with Crippen molar-refractivity contribution in [3.05, 3.63) is 124 Å². The van der Waals surface area contributed by atoms with Gasteiger partial charge in [0.1, 0.15) is 19.4 Å². The maximum atomic E-state index is 13.3. The zero-order valence-corrected chi connectivity index (χ0v) is 53.7. The molecule has 87 heavy (non-hydrogen) atoms. The smallest absolute Gasteiger partial charge is 0.326 e. The summed E-state index contributed by atoms with van der Waals surface area (Å²) in [6.07, 6.45) is 21.2. The number of benzene rings is 2. The number of carbonyl (C=O) groups excluding carboxylic acids is 4. The minimum atomic E-state index is -4.14. The summed E-state index contributed by atoms with van der Waals surface area (Å²) < 4.78 is 57.3. The summed E-state index contributed by atoms with van der Waals surface area (Å²) in [6, 6.07) is 14.2. The first kappa shape index (κ1) is 76.3. The number of allylic oxidation sites excluding steroid dienone is 10. The molecule has 0 saturated heterocycles. The number of carboxylic acid groups (broad SMARTS) is 2. The molecule has 22 heteroatoms. The lowest BCUT2D eigenvalue weighted by Gasteiger charge is -2.31. The summed E-state index contributed by atoms with van der Waals surface area (Å²) >= 11 is -1.94. The van der Waals surface area contributed by atoms with Gasteiger partial charge in [-0.05, 0) is 152 Å². The molecule has 0 radical (unpaired) electrons. The van der Waals surface area contributed by atoms with E-state index in [4.69, 9.17) is 14.7 Å². The van der Waals surface area contributed by atoms with E-state index in [0.717, 1.165) is 66.0 Å². The van der Waals surface area contributed by atoms with Gasteiger partial charge >= 0.3 is 12.0 Å². The van der Waals surface area contributed by atoms with Crippen molar-refractivity contribution in [1.82, 2.24) is 16.0 Å². The first-order valence-corrected chi connectivity index (χ1v) is 33.0. The zero-order chi connectivity index (χ0) is 65.3. The van der Waals surface area contributed by atoms with E-state index in [-0.39, 0.29) is 62.8 Å². The Labute approximate surface area is 517 Å². The van der Waals surface area contributed by atoms with Gasteiger partial charge in [0.25, 0.3) is 16.6 Å². The second kappa shape index (κ2) is 39.2. The summed E-state index contributed by atoms with van der Waals surface area (Å²) in [6.45, 7) is 19.3. The molecule has 3 amide bonds. The van der Waals surface area contributed by atoms with Crippen molar-refractivity contribution in [1.29, 1.82) is 0 Å². The molecule has 0 fully saturated rings. The number of aliphatic hydroxyl groups excluding tert-OH is 2. The van der Waals surface area contributed by atoms with Crippen LogP contribution in [0.4, 0.5) is 16.2 Å². The van der Waals surface area contributed by atoms with E-state index in [1.165, 1.54) is 22.7 Å². The third-order valence-electron chi connectivity index (χ3n) is 15.7. The van der Waals surface area contributed by atoms with Gasteiger partial charge in [-0.15, -0.1) is 0 Å². The number of rotatable bonds is 28. The molecular weight excluding hydrogens is 1150 g/mol. The van der Waals surface area contributed by atoms with Gasteiger partial charge in [0.2, 0.25) is 11.6 Å². The second-order valence-corrected chi connectivity index (χ2v) is 24.6. The van der Waals surface area contributed by atoms with Crippen LogP contribution in [0.15, 0.2) is 113 Å². The number of hydrogen-bond acceptors (Lipinski definition) is 12. The molecule has 20 nitrogen and oxygen atoms in total. The number of aliphatic hydroxyl groups is 2. The van der Waals surface area contributed by atoms with E-state index >= 15 is 0 Å². The van der Waals surface area contributed by atoms with Crippen molar-refractivity contribution in [2.24, 2.45) is 5.92 Å². The number of hydrogen-bond donors (Lipinski definition) is 9. The van der Waals surface area contributed by atoms with E-state index in [1.54, 1.807) is 6.92 Å². The largest absolute Gasteiger partial charge is 0.502 e. The predicted molar refractivity (Wildman–Crippen MR) is 343 cm³/mol. The lowest BCUT2D eigenvalue weighted by Crippen LogP contribution is -2.48. The van der Waals surface area contributed by atoms with Crippen LogP contribution in [0.3, 0.4) is 0 Å². The molecule has 4 aliphatic rings. The third kappa shape index (κ3) is 23.3. The molecule has 2 aromatic carbocycles. The molecule has 0 bridgehead atoms. The fourth-order valence-corrected chi connectivity index (χ4v) is 12.6. The number of anilines is 1. The summed E-state index contributed by atoms with van der Waals surface area (Å²) in [5, 5.41) is 43.7. The fourth-order valence-electron chi connectivity index (χ4n) is 11.5. The number of fused-ring (bicyclic) bond motifs is 2. The minimum Gasteiger partial charge on any atom is -0.502 e. The quantitative estimate of drug-likeness (QED) is 0.00559. The van der Waals surface area contributed by atoms with Gasteiger partial charge < -0.3 is 50.6 Å². The van der Waals surface area contributed by atoms with E-state index in [9.17, 15) is 56.2 Å². The van der Waals surface area contributed by atoms with Gasteiger partial charge in [0.15, 0.2) is 28.5 Å². The molecular formula is C65H96N5O15S2+. The normalized spacial score (nSPS) is 20.1. The second-order valence-electron chi connectivity index (χ2n) is 21.9. The van der Waals surface area contributed by atoms with Crippen molar-refractivity contribution in [3.8, 4) is 0 Å². The fraction of sp³-hybridized carbons (Fsp3) is 0.538. The Kier molecular flexibility index (Phi) is 34.3. The van der Waals surface area contributed by atoms with Crippen molar-refractivity contribution in [2.75, 3.05) is 36.9 Å².